The van der Waals surface area contributed by atoms with Crippen LogP contribution in [-0.2, 0) is 0 Å². The molecule has 0 aliphatic rings. The molecule has 0 atom stereocenters. The summed E-state index contributed by atoms with van der Waals surface area (Å²) in [5, 5.41) is 0.0791. The molecule has 185 valence electrons. The summed E-state index contributed by atoms with van der Waals surface area (Å²) in [5.41, 5.74) is 7.35. The predicted octanol–water partition coefficient (Wildman–Crippen LogP) is 6.98. The maximum atomic E-state index is 14.6. The van der Waals surface area contributed by atoms with Gasteiger partial charge in [-0.3, -0.25) is 0 Å². The van der Waals surface area contributed by atoms with E-state index in [0.29, 0.717) is 16.7 Å². The molecule has 0 unspecified atom stereocenters. The van der Waals surface area contributed by atoms with Crippen molar-refractivity contribution in [3.05, 3.63) is 103 Å². The topological polar surface area (TPSA) is 51.2 Å². The van der Waals surface area contributed by atoms with E-state index in [9.17, 15) is 14.4 Å². The van der Waals surface area contributed by atoms with E-state index in [1.165, 1.54) is 0 Å². The fraction of sp³-hybridized carbons (Fsp3) is 0.344. The zero-order chi connectivity index (χ0) is 27.1. The Morgan fingerprint density at radius 1 is 0.500 bits per heavy atom. The fourth-order valence-corrected chi connectivity index (χ4v) is 6.82. The average molecular weight is 540 g/mol. The van der Waals surface area contributed by atoms with Gasteiger partial charge in [0.2, 0.25) is 0 Å². The van der Waals surface area contributed by atoms with E-state index in [4.69, 9.17) is 0 Å². The third-order valence-corrected chi connectivity index (χ3v) is 8.25. The van der Waals surface area contributed by atoms with Crippen molar-refractivity contribution in [3.63, 3.8) is 0 Å². The number of Topliss-reactive ketones (excluding diaryl/α,β-unsaturated/α-hetero) is 3. The molecular formula is C32H35GeO3. The third kappa shape index (κ3) is 4.66. The molecule has 0 aliphatic carbocycles. The standard InChI is InChI=1S/C32H35GeO3/c1-17-10-20(4)26(21(5)11-17)29(34)32(16-33,30(35)27-22(6)12-18(2)13-23(27)7)31(36)28-24(8)14-19(3)15-25(28)9/h10-15H,16H2,1-9H3. The first kappa shape index (κ1) is 27.8. The van der Waals surface area contributed by atoms with Gasteiger partial charge in [-0.2, -0.15) is 0 Å². The van der Waals surface area contributed by atoms with Crippen LogP contribution in [0, 0.1) is 67.7 Å². The fourth-order valence-electron chi connectivity index (χ4n) is 5.80. The summed E-state index contributed by atoms with van der Waals surface area (Å²) in [6.45, 7) is 17.2. The van der Waals surface area contributed by atoms with Crippen LogP contribution >= 0.6 is 0 Å². The van der Waals surface area contributed by atoms with Crippen molar-refractivity contribution in [2.45, 2.75) is 67.6 Å². The first-order valence-electron chi connectivity index (χ1n) is 12.3. The number of hydrogen-bond donors (Lipinski definition) is 0. The van der Waals surface area contributed by atoms with E-state index in [1.807, 2.05) is 98.7 Å². The minimum absolute atomic E-state index is 0.0791. The second-order valence-electron chi connectivity index (χ2n) is 10.4. The Kier molecular flexibility index (Phi) is 7.95. The van der Waals surface area contributed by atoms with Gasteiger partial charge in [0.15, 0.2) is 0 Å². The maximum absolute atomic E-state index is 14.6. The zero-order valence-electron chi connectivity index (χ0n) is 22.9. The predicted molar refractivity (Wildman–Crippen MR) is 148 cm³/mol. The summed E-state index contributed by atoms with van der Waals surface area (Å²) < 4.78 is 0. The molecule has 3 rings (SSSR count). The van der Waals surface area contributed by atoms with E-state index in [2.05, 4.69) is 0 Å². The summed E-state index contributed by atoms with van der Waals surface area (Å²) in [6.07, 6.45) is 0. The van der Waals surface area contributed by atoms with Gasteiger partial charge in [-0.05, 0) is 0 Å². The summed E-state index contributed by atoms with van der Waals surface area (Å²) in [5.74, 6) is -1.23. The number of hydrogen-bond acceptors (Lipinski definition) is 3. The molecule has 3 radical (unpaired) electrons. The van der Waals surface area contributed by atoms with E-state index in [0.717, 1.165) is 50.1 Å². The number of ketones is 3. The van der Waals surface area contributed by atoms with Crippen LogP contribution in [0.1, 0.15) is 81.1 Å². The molecule has 0 saturated heterocycles. The second kappa shape index (κ2) is 10.3. The molecule has 3 nitrogen and oxygen atoms in total. The van der Waals surface area contributed by atoms with E-state index in [1.54, 1.807) is 16.5 Å². The Morgan fingerprint density at radius 2 is 0.694 bits per heavy atom. The Morgan fingerprint density at radius 3 is 0.861 bits per heavy atom. The molecular weight excluding hydrogens is 505 g/mol. The molecule has 0 amide bonds. The molecule has 0 saturated carbocycles. The van der Waals surface area contributed by atoms with Crippen molar-refractivity contribution in [3.8, 4) is 0 Å². The molecule has 0 aromatic heterocycles. The third-order valence-electron chi connectivity index (χ3n) is 7.14. The number of aryl methyl sites for hydroxylation is 9. The molecule has 0 spiro atoms. The van der Waals surface area contributed by atoms with E-state index in [-0.39, 0.29) is 5.25 Å². The summed E-state index contributed by atoms with van der Waals surface area (Å²) in [6, 6.07) is 11.7. The first-order chi connectivity index (χ1) is 16.8. The van der Waals surface area contributed by atoms with Crippen molar-refractivity contribution in [1.29, 1.82) is 0 Å². The SMILES string of the molecule is Cc1cc(C)c(C(=O)C([CH2][Ge])(C(=O)c2c(C)cc(C)cc2C)C(=O)c2c(C)cc(C)cc2C)c(C)c1. The van der Waals surface area contributed by atoms with Crippen LogP contribution < -0.4 is 0 Å². The molecule has 3 aromatic carbocycles. The monoisotopic (exact) mass is 541 g/mol. The summed E-state index contributed by atoms with van der Waals surface area (Å²) >= 11 is 1.78. The zero-order valence-corrected chi connectivity index (χ0v) is 25.0. The van der Waals surface area contributed by atoms with E-state index >= 15 is 0 Å². The van der Waals surface area contributed by atoms with Gasteiger partial charge in [-0.1, -0.05) is 0 Å². The van der Waals surface area contributed by atoms with Crippen LogP contribution in [0.4, 0.5) is 0 Å². The van der Waals surface area contributed by atoms with Crippen molar-refractivity contribution < 1.29 is 14.4 Å². The van der Waals surface area contributed by atoms with Gasteiger partial charge in [0.05, 0.1) is 0 Å². The van der Waals surface area contributed by atoms with Crippen LogP contribution in [-0.4, -0.2) is 33.9 Å². The van der Waals surface area contributed by atoms with Gasteiger partial charge in [-0.25, -0.2) is 0 Å². The van der Waals surface area contributed by atoms with Crippen molar-refractivity contribution in [2.75, 3.05) is 0 Å². The van der Waals surface area contributed by atoms with Crippen molar-refractivity contribution in [2.24, 2.45) is 5.41 Å². The van der Waals surface area contributed by atoms with Crippen LogP contribution in [0.2, 0.25) is 5.25 Å². The first-order valence-corrected chi connectivity index (χ1v) is 13.8. The Balaban J connectivity index is 2.43. The van der Waals surface area contributed by atoms with Gasteiger partial charge < -0.3 is 0 Å². The molecule has 0 aliphatic heterocycles. The van der Waals surface area contributed by atoms with E-state index < -0.39 is 22.8 Å². The van der Waals surface area contributed by atoms with Gasteiger partial charge >= 0.3 is 224 Å². The summed E-state index contributed by atoms with van der Waals surface area (Å²) in [4.78, 5) is 43.9. The molecule has 0 N–H and O–H groups in total. The van der Waals surface area contributed by atoms with Crippen LogP contribution in [0.25, 0.3) is 0 Å². The van der Waals surface area contributed by atoms with Gasteiger partial charge in [0.25, 0.3) is 0 Å². The van der Waals surface area contributed by atoms with Gasteiger partial charge in [0.1, 0.15) is 0 Å². The Hall–Kier alpha value is -2.79. The number of carbonyl (C=O) groups is 3. The van der Waals surface area contributed by atoms with Crippen LogP contribution in [0.5, 0.6) is 0 Å². The van der Waals surface area contributed by atoms with Crippen molar-refractivity contribution in [1.82, 2.24) is 0 Å². The van der Waals surface area contributed by atoms with Gasteiger partial charge in [-0.15, -0.1) is 0 Å². The average Bonchev–Trinajstić information content (AvgIpc) is 2.72. The second-order valence-corrected chi connectivity index (χ2v) is 11.1. The van der Waals surface area contributed by atoms with Crippen LogP contribution in [0.15, 0.2) is 36.4 Å². The van der Waals surface area contributed by atoms with Gasteiger partial charge in [0, 0.05) is 0 Å². The molecule has 36 heavy (non-hydrogen) atoms. The van der Waals surface area contributed by atoms with Crippen molar-refractivity contribution >= 4 is 33.9 Å². The molecule has 0 bridgehead atoms. The summed E-state index contributed by atoms with van der Waals surface area (Å²) in [7, 11) is 0. The Labute approximate surface area is 223 Å². The molecule has 3 aromatic rings. The molecule has 4 heteroatoms. The van der Waals surface area contributed by atoms with Crippen LogP contribution in [0.3, 0.4) is 0 Å². The quantitative estimate of drug-likeness (QED) is 0.185. The number of benzene rings is 3. The molecule has 0 heterocycles. The Bertz CT molecular complexity index is 1170. The number of carbonyl (C=O) groups excluding carboxylic acids is 3. The number of rotatable bonds is 7. The normalized spacial score (nSPS) is 11.5. The molecule has 0 fully saturated rings. The minimum atomic E-state index is -1.86.